The molecular formula is C37H32Br2N4S. The summed E-state index contributed by atoms with van der Waals surface area (Å²) in [4.78, 5) is 5.11. The molecule has 0 radical (unpaired) electrons. The highest BCUT2D eigenvalue weighted by atomic mass is 79.9. The zero-order valence-corrected chi connectivity index (χ0v) is 28.4. The maximum atomic E-state index is 4.70. The summed E-state index contributed by atoms with van der Waals surface area (Å²) >= 11 is 9.21. The van der Waals surface area contributed by atoms with Crippen LogP contribution in [0.3, 0.4) is 0 Å². The van der Waals surface area contributed by atoms with Crippen LogP contribution in [-0.2, 0) is 6.54 Å². The van der Waals surface area contributed by atoms with Crippen LogP contribution in [0.1, 0.15) is 32.6 Å². The van der Waals surface area contributed by atoms with Gasteiger partial charge >= 0.3 is 0 Å². The highest BCUT2D eigenvalue weighted by Gasteiger charge is 2.20. The summed E-state index contributed by atoms with van der Waals surface area (Å²) in [5.41, 5.74) is 10.5. The van der Waals surface area contributed by atoms with Crippen LogP contribution in [0.4, 0.5) is 0 Å². The fraction of sp³-hybridized carbons (Fsp3) is 0.216. The third kappa shape index (κ3) is 5.73. The Morgan fingerprint density at radius 2 is 1.41 bits per heavy atom. The molecule has 2 atom stereocenters. The van der Waals surface area contributed by atoms with Crippen molar-refractivity contribution < 1.29 is 0 Å². The molecule has 0 saturated heterocycles. The lowest BCUT2D eigenvalue weighted by molar-refractivity contribution is 0.592. The highest BCUT2D eigenvalue weighted by molar-refractivity contribution is 9.09. The molecule has 3 aromatic heterocycles. The zero-order valence-electron chi connectivity index (χ0n) is 24.5. The van der Waals surface area contributed by atoms with Gasteiger partial charge in [0.15, 0.2) is 0 Å². The predicted octanol–water partition coefficient (Wildman–Crippen LogP) is 11.3. The molecule has 0 bridgehead atoms. The van der Waals surface area contributed by atoms with E-state index in [0.717, 1.165) is 45.4 Å². The summed E-state index contributed by atoms with van der Waals surface area (Å²) < 4.78 is 8.08. The minimum atomic E-state index is 0.388. The molecule has 0 amide bonds. The topological polar surface area (TPSA) is 43.6 Å². The molecule has 2 unspecified atom stereocenters. The van der Waals surface area contributed by atoms with Crippen LogP contribution in [0.25, 0.3) is 65.4 Å². The quantitative estimate of drug-likeness (QED) is 0.104. The number of nitrogens with zero attached hydrogens (tertiary/aromatic N) is 4. The maximum absolute atomic E-state index is 4.70. The number of halogens is 2. The van der Waals surface area contributed by atoms with Crippen molar-refractivity contribution in [3.63, 3.8) is 0 Å². The largest absolute Gasteiger partial charge is 0.339 e. The van der Waals surface area contributed by atoms with Crippen molar-refractivity contribution in [3.05, 3.63) is 103 Å². The Morgan fingerprint density at radius 3 is 2.23 bits per heavy atom. The maximum Gasteiger partial charge on any atom is 0.114 e. The lowest BCUT2D eigenvalue weighted by atomic mass is 9.96. The second-order valence-corrected chi connectivity index (χ2v) is 15.0. The molecular weight excluding hydrogens is 692 g/mol. The number of fused-ring (bicyclic) bond motifs is 4. The van der Waals surface area contributed by atoms with Gasteiger partial charge in [0.05, 0.1) is 10.2 Å². The first kappa shape index (κ1) is 29.3. The lowest BCUT2D eigenvalue weighted by Crippen LogP contribution is -2.10. The van der Waals surface area contributed by atoms with Crippen molar-refractivity contribution in [2.45, 2.75) is 48.8 Å². The van der Waals surface area contributed by atoms with Crippen molar-refractivity contribution in [1.82, 2.24) is 19.1 Å². The molecule has 44 heavy (non-hydrogen) atoms. The third-order valence-corrected chi connectivity index (χ3v) is 10.4. The van der Waals surface area contributed by atoms with Gasteiger partial charge < -0.3 is 4.57 Å². The van der Waals surface area contributed by atoms with Crippen molar-refractivity contribution in [2.75, 3.05) is 0 Å². The molecule has 4 aromatic carbocycles. The van der Waals surface area contributed by atoms with Crippen LogP contribution in [0, 0.1) is 0 Å². The molecule has 7 heteroatoms. The number of unbranched alkanes of at least 4 members (excludes halogenated alkanes) is 1. The summed E-state index contributed by atoms with van der Waals surface area (Å²) in [6.07, 6.45) is 8.47. The lowest BCUT2D eigenvalue weighted by Gasteiger charge is -2.16. The van der Waals surface area contributed by atoms with Gasteiger partial charge in [0.2, 0.25) is 0 Å². The van der Waals surface area contributed by atoms with E-state index >= 15 is 0 Å². The molecule has 0 N–H and O–H groups in total. The van der Waals surface area contributed by atoms with Crippen LogP contribution >= 0.6 is 43.4 Å². The van der Waals surface area contributed by atoms with Gasteiger partial charge in [-0.3, -0.25) is 4.98 Å². The van der Waals surface area contributed by atoms with E-state index < -0.39 is 0 Å². The number of aromatic nitrogens is 4. The first-order valence-corrected chi connectivity index (χ1v) is 17.7. The van der Waals surface area contributed by atoms with E-state index in [1.165, 1.54) is 63.7 Å². The molecule has 3 heterocycles. The number of hydrogen-bond donors (Lipinski definition) is 0. The average Bonchev–Trinajstić information content (AvgIpc) is 3.67. The van der Waals surface area contributed by atoms with E-state index in [1.807, 2.05) is 24.5 Å². The Bertz CT molecular complexity index is 2050. The number of hydrogen-bond acceptors (Lipinski definition) is 4. The summed E-state index contributed by atoms with van der Waals surface area (Å²) in [6.45, 7) is 3.14. The van der Waals surface area contributed by atoms with Crippen LogP contribution < -0.4 is 0 Å². The van der Waals surface area contributed by atoms with E-state index in [2.05, 4.69) is 132 Å². The molecule has 0 aliphatic carbocycles. The minimum Gasteiger partial charge on any atom is -0.339 e. The summed E-state index contributed by atoms with van der Waals surface area (Å²) in [5.74, 6) is 0. The van der Waals surface area contributed by atoms with Gasteiger partial charge in [-0.05, 0) is 59.3 Å². The Morgan fingerprint density at radius 1 is 0.705 bits per heavy atom. The van der Waals surface area contributed by atoms with Gasteiger partial charge in [0.25, 0.3) is 0 Å². The molecule has 4 nitrogen and oxygen atoms in total. The van der Waals surface area contributed by atoms with Crippen molar-refractivity contribution in [1.29, 1.82) is 0 Å². The smallest absolute Gasteiger partial charge is 0.114 e. The van der Waals surface area contributed by atoms with E-state index in [0.29, 0.717) is 9.65 Å². The fourth-order valence-corrected chi connectivity index (χ4v) is 7.96. The van der Waals surface area contributed by atoms with Crippen molar-refractivity contribution in [2.24, 2.45) is 0 Å². The Kier molecular flexibility index (Phi) is 8.61. The Balaban J connectivity index is 1.29. The average molecular weight is 725 g/mol. The summed E-state index contributed by atoms with van der Waals surface area (Å²) in [6, 6.07) is 32.8. The van der Waals surface area contributed by atoms with Crippen molar-refractivity contribution in [3.8, 4) is 33.4 Å². The summed E-state index contributed by atoms with van der Waals surface area (Å²) in [7, 11) is 0. The number of rotatable bonds is 10. The fourth-order valence-electron chi connectivity index (χ4n) is 6.29. The monoisotopic (exact) mass is 722 g/mol. The van der Waals surface area contributed by atoms with Gasteiger partial charge in [0.1, 0.15) is 5.52 Å². The van der Waals surface area contributed by atoms with Gasteiger partial charge in [-0.2, -0.15) is 0 Å². The molecule has 220 valence electrons. The number of alkyl halides is 2. The van der Waals surface area contributed by atoms with E-state index in [9.17, 15) is 0 Å². The molecule has 0 fully saturated rings. The first-order valence-electron chi connectivity index (χ1n) is 15.1. The second kappa shape index (κ2) is 12.9. The van der Waals surface area contributed by atoms with E-state index in [4.69, 9.17) is 5.10 Å². The molecule has 0 spiro atoms. The Hall–Kier alpha value is -3.39. The van der Waals surface area contributed by atoms with Gasteiger partial charge in [0, 0.05) is 61.6 Å². The van der Waals surface area contributed by atoms with E-state index in [-0.39, 0.29) is 0 Å². The molecule has 0 aliphatic heterocycles. The minimum absolute atomic E-state index is 0.388. The van der Waals surface area contributed by atoms with Crippen LogP contribution in [0.2, 0.25) is 0 Å². The van der Waals surface area contributed by atoms with Crippen LogP contribution in [0.5, 0.6) is 0 Å². The Labute approximate surface area is 278 Å². The molecule has 7 aromatic rings. The molecule has 0 saturated carbocycles. The predicted molar refractivity (Wildman–Crippen MR) is 194 cm³/mol. The SMILES string of the molecule is CC(Br)CCCCC(Br)Cn1c2ccccc2c2cccc(-c3ccc(-c4ccc(-c5ccncc5)cc4)c4snnc34)c21. The van der Waals surface area contributed by atoms with E-state index in [1.54, 1.807) is 0 Å². The van der Waals surface area contributed by atoms with Crippen LogP contribution in [0.15, 0.2) is 103 Å². The zero-order chi connectivity index (χ0) is 30.0. The number of pyridine rings is 1. The first-order chi connectivity index (χ1) is 21.6. The summed E-state index contributed by atoms with van der Waals surface area (Å²) in [5, 5.41) is 7.26. The standard InChI is InChI=1S/C37H32Br2N4S/c1-24(38)7-2-3-8-28(39)23-43-34-12-5-4-9-30(34)32-10-6-11-33(36(32)43)31-18-17-29(37-35(31)41-42-44-37)27-15-13-25(14-16-27)26-19-21-40-22-20-26/h4-6,9-22,24,28H,2-3,7-8,23H2,1H3. The number of benzene rings is 4. The third-order valence-electron chi connectivity index (χ3n) is 8.45. The molecule has 0 aliphatic rings. The van der Waals surface area contributed by atoms with Gasteiger partial charge in [-0.25, -0.2) is 0 Å². The van der Waals surface area contributed by atoms with Gasteiger partial charge in [-0.1, -0.05) is 129 Å². The van der Waals surface area contributed by atoms with Gasteiger partial charge in [-0.15, -0.1) is 5.10 Å². The second-order valence-electron chi connectivity index (χ2n) is 11.4. The molecule has 7 rings (SSSR count). The van der Waals surface area contributed by atoms with Crippen molar-refractivity contribution >= 4 is 75.4 Å². The number of para-hydroxylation sites is 2. The van der Waals surface area contributed by atoms with Crippen LogP contribution in [-0.4, -0.2) is 28.8 Å². The highest BCUT2D eigenvalue weighted by Crippen LogP contribution is 2.42. The normalized spacial score (nSPS) is 13.2.